The highest BCUT2D eigenvalue weighted by Crippen LogP contribution is 2.17. The molecule has 1 amide bonds. The van der Waals surface area contributed by atoms with Gasteiger partial charge in [-0.25, -0.2) is 0 Å². The average Bonchev–Trinajstić information content (AvgIpc) is 2.66. The van der Waals surface area contributed by atoms with Crippen molar-refractivity contribution in [3.8, 4) is 5.75 Å². The van der Waals surface area contributed by atoms with Crippen molar-refractivity contribution in [2.75, 3.05) is 27.3 Å². The lowest BCUT2D eigenvalue weighted by Gasteiger charge is -2.17. The topological polar surface area (TPSA) is 96.3 Å². The summed E-state index contributed by atoms with van der Waals surface area (Å²) in [5.74, 6) is -0.0597. The molecule has 142 valence electrons. The van der Waals surface area contributed by atoms with Crippen LogP contribution in [0, 0.1) is 0 Å². The minimum Gasteiger partial charge on any atom is -0.492 e. The average molecular weight is 355 g/mol. The summed E-state index contributed by atoms with van der Waals surface area (Å²) in [6, 6.07) is 5.05. The Morgan fingerprint density at radius 1 is 1.04 bits per heavy atom. The van der Waals surface area contributed by atoms with Crippen molar-refractivity contribution in [1.82, 2.24) is 4.90 Å². The van der Waals surface area contributed by atoms with E-state index in [1.54, 1.807) is 25.2 Å². The van der Waals surface area contributed by atoms with Crippen molar-refractivity contribution in [3.05, 3.63) is 29.3 Å². The van der Waals surface area contributed by atoms with Gasteiger partial charge >= 0.3 is 5.97 Å². The van der Waals surface area contributed by atoms with Gasteiger partial charge in [0.15, 0.2) is 0 Å². The summed E-state index contributed by atoms with van der Waals surface area (Å²) in [6.45, 7) is 4.34. The van der Waals surface area contributed by atoms with E-state index in [-0.39, 0.29) is 38.6 Å². The Morgan fingerprint density at radius 3 is 2.08 bits per heavy atom. The number of nitrogens with zero attached hydrogens (tertiary/aromatic N) is 1. The number of aliphatic hydroxyl groups is 2. The fourth-order valence-corrected chi connectivity index (χ4v) is 1.92. The third kappa shape index (κ3) is 9.07. The van der Waals surface area contributed by atoms with Gasteiger partial charge in [-0.3, -0.25) is 9.59 Å². The van der Waals surface area contributed by atoms with E-state index in [4.69, 9.17) is 14.9 Å². The Morgan fingerprint density at radius 2 is 1.60 bits per heavy atom. The molecule has 0 saturated heterocycles. The summed E-state index contributed by atoms with van der Waals surface area (Å²) in [4.78, 5) is 24.3. The number of hydrogen-bond donors (Lipinski definition) is 2. The van der Waals surface area contributed by atoms with E-state index in [1.165, 1.54) is 12.0 Å². The molecule has 25 heavy (non-hydrogen) atoms. The number of likely N-dealkylation sites (N-methyl/N-ethyl adjacent to an activating group) is 1. The molecule has 0 aliphatic heterocycles. The number of amides is 1. The molecule has 0 aliphatic rings. The molecule has 0 heterocycles. The molecule has 1 aromatic carbocycles. The Kier molecular flexibility index (Phi) is 12.1. The second-order valence-electron chi connectivity index (χ2n) is 5.04. The minimum atomic E-state index is -0.416. The van der Waals surface area contributed by atoms with E-state index in [9.17, 15) is 9.59 Å². The lowest BCUT2D eigenvalue weighted by atomic mass is 10.1. The van der Waals surface area contributed by atoms with Gasteiger partial charge in [-0.15, -0.1) is 0 Å². The Hall–Kier alpha value is -2.12. The summed E-state index contributed by atoms with van der Waals surface area (Å²) in [5, 5.41) is 18.3. The molecule has 1 aromatic rings. The lowest BCUT2D eigenvalue weighted by molar-refractivity contribution is -0.143. The number of carbonyl (C=O) groups excluding carboxylic acids is 2. The zero-order valence-electron chi connectivity index (χ0n) is 15.4. The van der Waals surface area contributed by atoms with E-state index < -0.39 is 5.97 Å². The van der Waals surface area contributed by atoms with E-state index in [1.807, 2.05) is 13.8 Å². The van der Waals surface area contributed by atoms with Crippen LogP contribution in [0.15, 0.2) is 18.2 Å². The molecule has 0 spiro atoms. The van der Waals surface area contributed by atoms with Crippen molar-refractivity contribution < 1.29 is 29.3 Å². The van der Waals surface area contributed by atoms with Crippen LogP contribution in [-0.4, -0.2) is 54.3 Å². The van der Waals surface area contributed by atoms with Crippen LogP contribution in [0.1, 0.15) is 37.8 Å². The summed E-state index contributed by atoms with van der Waals surface area (Å²) in [7, 11) is 2.91. The molecule has 0 atom stereocenters. The van der Waals surface area contributed by atoms with Crippen molar-refractivity contribution in [2.24, 2.45) is 0 Å². The fourth-order valence-electron chi connectivity index (χ4n) is 1.92. The van der Waals surface area contributed by atoms with Crippen molar-refractivity contribution in [3.63, 3.8) is 0 Å². The second kappa shape index (κ2) is 13.2. The highest BCUT2D eigenvalue weighted by molar-refractivity contribution is 5.81. The lowest BCUT2D eigenvalue weighted by Crippen LogP contribution is -2.31. The van der Waals surface area contributed by atoms with Crippen LogP contribution < -0.4 is 4.74 Å². The Labute approximate surface area is 149 Å². The number of hydrogen-bond acceptors (Lipinski definition) is 6. The van der Waals surface area contributed by atoms with Gasteiger partial charge in [0.1, 0.15) is 12.4 Å². The molecule has 7 nitrogen and oxygen atoms in total. The molecule has 0 radical (unpaired) electrons. The molecule has 2 N–H and O–H groups in total. The quantitative estimate of drug-likeness (QED) is 0.652. The summed E-state index contributed by atoms with van der Waals surface area (Å²) >= 11 is 0. The van der Waals surface area contributed by atoms with Crippen LogP contribution in [0.4, 0.5) is 0 Å². The van der Waals surface area contributed by atoms with Crippen molar-refractivity contribution >= 4 is 11.9 Å². The van der Waals surface area contributed by atoms with Gasteiger partial charge in [-0.1, -0.05) is 19.9 Å². The smallest absolute Gasteiger partial charge is 0.306 e. The standard InChI is InChI=1S/C16H23NO6.C2H6/c1-17(15(20)3-4-16(21)22-2)5-6-23-14-8-12(10-18)7-13(9-14)11-19;1-2/h7-9,18-19H,3-6,10-11H2,1-2H3;1-2H3. The van der Waals surface area contributed by atoms with Gasteiger partial charge < -0.3 is 24.6 Å². The van der Waals surface area contributed by atoms with Gasteiger partial charge in [-0.05, 0) is 23.3 Å². The molecule has 0 fully saturated rings. The molecule has 1 rings (SSSR count). The number of esters is 1. The van der Waals surface area contributed by atoms with Gasteiger partial charge in [-0.2, -0.15) is 0 Å². The van der Waals surface area contributed by atoms with Crippen LogP contribution in [-0.2, 0) is 27.5 Å². The van der Waals surface area contributed by atoms with Crippen molar-refractivity contribution in [1.29, 1.82) is 0 Å². The number of aliphatic hydroxyl groups excluding tert-OH is 2. The Balaban J connectivity index is 0.00000277. The third-order valence-electron chi connectivity index (χ3n) is 3.28. The van der Waals surface area contributed by atoms with E-state index >= 15 is 0 Å². The van der Waals surface area contributed by atoms with Crippen molar-refractivity contribution in [2.45, 2.75) is 39.9 Å². The van der Waals surface area contributed by atoms with E-state index in [2.05, 4.69) is 4.74 Å². The normalized spacial score (nSPS) is 9.68. The first-order chi connectivity index (χ1) is 12.0. The van der Waals surface area contributed by atoms with E-state index in [0.29, 0.717) is 23.4 Å². The van der Waals surface area contributed by atoms with Gasteiger partial charge in [0.25, 0.3) is 0 Å². The number of carbonyl (C=O) groups is 2. The maximum absolute atomic E-state index is 11.8. The SMILES string of the molecule is CC.COC(=O)CCC(=O)N(C)CCOc1cc(CO)cc(CO)c1. The molecular weight excluding hydrogens is 326 g/mol. The second-order valence-corrected chi connectivity index (χ2v) is 5.04. The van der Waals surface area contributed by atoms with Gasteiger partial charge in [0, 0.05) is 13.5 Å². The number of ether oxygens (including phenoxy) is 2. The van der Waals surface area contributed by atoms with Crippen LogP contribution in [0.25, 0.3) is 0 Å². The molecule has 0 aliphatic carbocycles. The molecular formula is C18H29NO6. The van der Waals surface area contributed by atoms with Gasteiger partial charge in [0.05, 0.1) is 33.3 Å². The zero-order chi connectivity index (χ0) is 19.2. The zero-order valence-corrected chi connectivity index (χ0v) is 15.4. The van der Waals surface area contributed by atoms with E-state index in [0.717, 1.165) is 0 Å². The minimum absolute atomic E-state index is 0.0545. The molecule has 0 saturated carbocycles. The summed E-state index contributed by atoms with van der Waals surface area (Å²) in [5.41, 5.74) is 1.29. The Bertz CT molecular complexity index is 510. The molecule has 7 heteroatoms. The first-order valence-corrected chi connectivity index (χ1v) is 8.28. The van der Waals surface area contributed by atoms with Gasteiger partial charge in [0.2, 0.25) is 5.91 Å². The van der Waals surface area contributed by atoms with Crippen LogP contribution in [0.5, 0.6) is 5.75 Å². The first-order valence-electron chi connectivity index (χ1n) is 8.28. The molecule has 0 unspecified atom stereocenters. The van der Waals surface area contributed by atoms with Crippen LogP contribution in [0.2, 0.25) is 0 Å². The predicted molar refractivity (Wildman–Crippen MR) is 94.0 cm³/mol. The number of methoxy groups -OCH3 is 1. The van der Waals surface area contributed by atoms with Crippen LogP contribution in [0.3, 0.4) is 0 Å². The monoisotopic (exact) mass is 355 g/mol. The highest BCUT2D eigenvalue weighted by Gasteiger charge is 2.11. The number of benzene rings is 1. The summed E-state index contributed by atoms with van der Waals surface area (Å²) < 4.78 is 10.0. The summed E-state index contributed by atoms with van der Waals surface area (Å²) in [6.07, 6.45) is 0.150. The third-order valence-corrected chi connectivity index (χ3v) is 3.28. The molecule has 0 aromatic heterocycles. The first kappa shape index (κ1) is 22.9. The highest BCUT2D eigenvalue weighted by atomic mass is 16.5. The maximum Gasteiger partial charge on any atom is 0.306 e. The number of rotatable bonds is 9. The molecule has 0 bridgehead atoms. The van der Waals surface area contributed by atoms with Crippen LogP contribution >= 0.6 is 0 Å². The fraction of sp³-hybridized carbons (Fsp3) is 0.556. The maximum atomic E-state index is 11.8. The predicted octanol–water partition coefficient (Wildman–Crippen LogP) is 1.49. The largest absolute Gasteiger partial charge is 0.492 e.